The highest BCUT2D eigenvalue weighted by Crippen LogP contribution is 2.27. The Morgan fingerprint density at radius 2 is 2.05 bits per heavy atom. The lowest BCUT2D eigenvalue weighted by Gasteiger charge is -2.38. The van der Waals surface area contributed by atoms with Crippen molar-refractivity contribution in [2.75, 3.05) is 19.6 Å². The van der Waals surface area contributed by atoms with E-state index in [0.29, 0.717) is 6.54 Å². The fraction of sp³-hybridized carbons (Fsp3) is 0.588. The zero-order valence-corrected chi connectivity index (χ0v) is 13.7. The predicted octanol–water partition coefficient (Wildman–Crippen LogP) is 3.18. The average Bonchev–Trinajstić information content (AvgIpc) is 2.37. The molecule has 1 N–H and O–H groups in total. The van der Waals surface area contributed by atoms with Crippen molar-refractivity contribution in [3.8, 4) is 0 Å². The molecule has 1 aliphatic rings. The van der Waals surface area contributed by atoms with Crippen LogP contribution in [0.5, 0.6) is 0 Å². The number of hydrogen-bond donors (Lipinski definition) is 1. The van der Waals surface area contributed by atoms with Crippen molar-refractivity contribution in [3.63, 3.8) is 0 Å². The summed E-state index contributed by atoms with van der Waals surface area (Å²) < 4.78 is 5.55. The number of benzene rings is 1. The fourth-order valence-corrected chi connectivity index (χ4v) is 2.72. The minimum atomic E-state index is -0.463. The number of ether oxygens (including phenoxy) is 1. The Kier molecular flexibility index (Phi) is 4.57. The first-order valence-electron chi connectivity index (χ1n) is 7.55. The second-order valence-corrected chi connectivity index (χ2v) is 6.75. The fourth-order valence-electron chi connectivity index (χ4n) is 2.72. The van der Waals surface area contributed by atoms with Gasteiger partial charge in [-0.1, -0.05) is 23.8 Å². The molecule has 1 fully saturated rings. The molecule has 0 radical (unpaired) electrons. The van der Waals surface area contributed by atoms with Gasteiger partial charge in [0, 0.05) is 19.6 Å². The number of rotatable bonds is 1. The van der Waals surface area contributed by atoms with Crippen molar-refractivity contribution in [2.45, 2.75) is 46.3 Å². The van der Waals surface area contributed by atoms with Crippen LogP contribution in [0, 0.1) is 13.8 Å². The Bertz CT molecular complexity index is 520. The van der Waals surface area contributed by atoms with E-state index in [4.69, 9.17) is 4.74 Å². The van der Waals surface area contributed by atoms with Crippen molar-refractivity contribution in [1.82, 2.24) is 10.2 Å². The predicted molar refractivity (Wildman–Crippen MR) is 84.5 cm³/mol. The topological polar surface area (TPSA) is 41.6 Å². The minimum Gasteiger partial charge on any atom is -0.444 e. The first-order chi connectivity index (χ1) is 9.78. The third-order valence-corrected chi connectivity index (χ3v) is 3.66. The van der Waals surface area contributed by atoms with Crippen LogP contribution >= 0.6 is 0 Å². The number of nitrogens with one attached hydrogen (secondary N) is 1. The van der Waals surface area contributed by atoms with Gasteiger partial charge in [0.15, 0.2) is 0 Å². The molecule has 4 nitrogen and oxygen atoms in total. The second-order valence-electron chi connectivity index (χ2n) is 6.75. The van der Waals surface area contributed by atoms with Gasteiger partial charge in [-0.2, -0.15) is 0 Å². The summed E-state index contributed by atoms with van der Waals surface area (Å²) in [6.45, 7) is 12.1. The van der Waals surface area contributed by atoms with Crippen LogP contribution in [-0.2, 0) is 4.74 Å². The van der Waals surface area contributed by atoms with E-state index in [2.05, 4.69) is 37.4 Å². The maximum absolute atomic E-state index is 12.5. The van der Waals surface area contributed by atoms with Crippen molar-refractivity contribution in [1.29, 1.82) is 0 Å². The highest BCUT2D eigenvalue weighted by molar-refractivity contribution is 5.69. The van der Waals surface area contributed by atoms with E-state index >= 15 is 0 Å². The van der Waals surface area contributed by atoms with E-state index in [1.165, 1.54) is 16.7 Å². The summed E-state index contributed by atoms with van der Waals surface area (Å²) in [4.78, 5) is 14.3. The molecule has 4 heteroatoms. The first kappa shape index (κ1) is 15.8. The highest BCUT2D eigenvalue weighted by atomic mass is 16.6. The maximum Gasteiger partial charge on any atom is 0.410 e. The molecule has 0 bridgehead atoms. The molecule has 1 aromatic carbocycles. The van der Waals surface area contributed by atoms with E-state index in [1.54, 1.807) is 0 Å². The van der Waals surface area contributed by atoms with E-state index < -0.39 is 5.60 Å². The normalized spacial score (nSPS) is 19.5. The summed E-state index contributed by atoms with van der Waals surface area (Å²) in [5.74, 6) is 0. The highest BCUT2D eigenvalue weighted by Gasteiger charge is 2.31. The lowest BCUT2D eigenvalue weighted by molar-refractivity contribution is 0.0117. The molecule has 1 aromatic rings. The van der Waals surface area contributed by atoms with Crippen LogP contribution in [0.3, 0.4) is 0 Å². The molecule has 0 spiro atoms. The largest absolute Gasteiger partial charge is 0.444 e. The van der Waals surface area contributed by atoms with E-state index in [0.717, 1.165) is 13.1 Å². The third kappa shape index (κ3) is 3.97. The van der Waals surface area contributed by atoms with Crippen molar-refractivity contribution in [2.24, 2.45) is 0 Å². The Labute approximate surface area is 127 Å². The molecule has 1 unspecified atom stereocenters. The summed E-state index contributed by atoms with van der Waals surface area (Å²) in [6.07, 6.45) is -0.228. The smallest absolute Gasteiger partial charge is 0.410 e. The zero-order valence-electron chi connectivity index (χ0n) is 13.7. The quantitative estimate of drug-likeness (QED) is 0.863. The van der Waals surface area contributed by atoms with Crippen LogP contribution < -0.4 is 5.32 Å². The van der Waals surface area contributed by atoms with Gasteiger partial charge in [0.25, 0.3) is 0 Å². The summed E-state index contributed by atoms with van der Waals surface area (Å²) in [7, 11) is 0. The Hall–Kier alpha value is -1.55. The molecular weight excluding hydrogens is 264 g/mol. The van der Waals surface area contributed by atoms with Crippen molar-refractivity contribution >= 4 is 6.09 Å². The van der Waals surface area contributed by atoms with Crippen LogP contribution in [0.25, 0.3) is 0 Å². The number of piperazine rings is 1. The number of carbonyl (C=O) groups excluding carboxylic acids is 1. The minimum absolute atomic E-state index is 0.0363. The van der Waals surface area contributed by atoms with Gasteiger partial charge in [0.2, 0.25) is 0 Å². The van der Waals surface area contributed by atoms with Gasteiger partial charge in [0.1, 0.15) is 5.60 Å². The maximum atomic E-state index is 12.5. The Balaban J connectivity index is 2.24. The summed E-state index contributed by atoms with van der Waals surface area (Å²) in [5.41, 5.74) is 3.19. The standard InChI is InChI=1S/C17H26N2O2/c1-12-6-7-14(13(2)10-12)15-11-18-8-9-19(15)16(20)21-17(3,4)5/h6-7,10,15,18H,8-9,11H2,1-5H3. The van der Waals surface area contributed by atoms with Crippen LogP contribution in [-0.4, -0.2) is 36.2 Å². The van der Waals surface area contributed by atoms with Gasteiger partial charge in [0.05, 0.1) is 6.04 Å². The molecule has 0 saturated carbocycles. The Morgan fingerprint density at radius 3 is 2.67 bits per heavy atom. The van der Waals surface area contributed by atoms with Gasteiger partial charge >= 0.3 is 6.09 Å². The van der Waals surface area contributed by atoms with Gasteiger partial charge in [-0.15, -0.1) is 0 Å². The van der Waals surface area contributed by atoms with E-state index in [1.807, 2.05) is 25.7 Å². The molecule has 1 aliphatic heterocycles. The molecule has 1 amide bonds. The molecule has 21 heavy (non-hydrogen) atoms. The lowest BCUT2D eigenvalue weighted by atomic mass is 9.97. The molecule has 1 heterocycles. The SMILES string of the molecule is Cc1ccc(C2CNCCN2C(=O)OC(C)(C)C)c(C)c1. The number of hydrogen-bond acceptors (Lipinski definition) is 3. The van der Waals surface area contributed by atoms with Crippen LogP contribution in [0.2, 0.25) is 0 Å². The van der Waals surface area contributed by atoms with Crippen LogP contribution in [0.1, 0.15) is 43.5 Å². The Morgan fingerprint density at radius 1 is 1.33 bits per heavy atom. The number of amides is 1. The van der Waals surface area contributed by atoms with Crippen molar-refractivity contribution < 1.29 is 9.53 Å². The van der Waals surface area contributed by atoms with Gasteiger partial charge in [-0.25, -0.2) is 4.79 Å². The lowest BCUT2D eigenvalue weighted by Crippen LogP contribution is -2.50. The third-order valence-electron chi connectivity index (χ3n) is 3.66. The molecule has 0 aromatic heterocycles. The van der Waals surface area contributed by atoms with Gasteiger partial charge in [-0.05, 0) is 45.7 Å². The first-order valence-corrected chi connectivity index (χ1v) is 7.55. The molecule has 0 aliphatic carbocycles. The number of nitrogens with zero attached hydrogens (tertiary/aromatic N) is 1. The number of carbonyl (C=O) groups is 1. The molecule has 1 atom stereocenters. The van der Waals surface area contributed by atoms with Crippen molar-refractivity contribution in [3.05, 3.63) is 34.9 Å². The van der Waals surface area contributed by atoms with E-state index in [9.17, 15) is 4.79 Å². The van der Waals surface area contributed by atoms with Gasteiger partial charge in [-0.3, -0.25) is 4.90 Å². The summed E-state index contributed by atoms with van der Waals surface area (Å²) in [6, 6.07) is 6.43. The zero-order chi connectivity index (χ0) is 15.6. The molecule has 1 saturated heterocycles. The molecular formula is C17H26N2O2. The van der Waals surface area contributed by atoms with E-state index in [-0.39, 0.29) is 12.1 Å². The monoisotopic (exact) mass is 290 g/mol. The summed E-state index contributed by atoms with van der Waals surface area (Å²) in [5, 5.41) is 3.37. The van der Waals surface area contributed by atoms with Gasteiger partial charge < -0.3 is 10.1 Å². The molecule has 2 rings (SSSR count). The van der Waals surface area contributed by atoms with Crippen LogP contribution in [0.15, 0.2) is 18.2 Å². The summed E-state index contributed by atoms with van der Waals surface area (Å²) >= 11 is 0. The van der Waals surface area contributed by atoms with Crippen LogP contribution in [0.4, 0.5) is 4.79 Å². The second kappa shape index (κ2) is 6.06. The number of aryl methyl sites for hydroxylation is 2. The molecule has 116 valence electrons. The average molecular weight is 290 g/mol.